The number of carbonyl (C=O) groups excluding carboxylic acids is 3. The van der Waals surface area contributed by atoms with Crippen molar-refractivity contribution in [1.82, 2.24) is 10.3 Å². The van der Waals surface area contributed by atoms with Gasteiger partial charge in [-0.05, 0) is 73.3 Å². The molecule has 0 bridgehead atoms. The van der Waals surface area contributed by atoms with Crippen LogP contribution in [0.3, 0.4) is 0 Å². The van der Waals surface area contributed by atoms with E-state index in [9.17, 15) is 14.4 Å². The summed E-state index contributed by atoms with van der Waals surface area (Å²) in [7, 11) is 0. The van der Waals surface area contributed by atoms with E-state index in [1.165, 1.54) is 23.4 Å². The van der Waals surface area contributed by atoms with Gasteiger partial charge in [-0.25, -0.2) is 14.6 Å². The number of aromatic nitrogens is 1. The molecule has 0 aliphatic rings. The fourth-order valence-electron chi connectivity index (χ4n) is 2.92. The zero-order valence-electron chi connectivity index (χ0n) is 22.2. The van der Waals surface area contributed by atoms with E-state index in [4.69, 9.17) is 19.9 Å². The Morgan fingerprint density at radius 3 is 2.28 bits per heavy atom. The maximum absolute atomic E-state index is 12.5. The summed E-state index contributed by atoms with van der Waals surface area (Å²) in [5.41, 5.74) is 9.13. The average Bonchev–Trinajstić information content (AvgIpc) is 2.79. The second kappa shape index (κ2) is 16.3. The predicted octanol–water partition coefficient (Wildman–Crippen LogP) is 5.02. The number of hydrogen-bond acceptors (Lipinski definition) is 8. The third-order valence-corrected chi connectivity index (χ3v) is 4.80. The van der Waals surface area contributed by atoms with Crippen molar-refractivity contribution < 1.29 is 28.6 Å². The average molecular weight is 502 g/mol. The van der Waals surface area contributed by atoms with E-state index in [-0.39, 0.29) is 36.4 Å². The summed E-state index contributed by atoms with van der Waals surface area (Å²) in [6.45, 7) is 11.6. The number of pyridine rings is 1. The number of allylic oxidation sites excluding steroid dienone is 5. The van der Waals surface area contributed by atoms with E-state index in [0.717, 1.165) is 31.3 Å². The van der Waals surface area contributed by atoms with Gasteiger partial charge >= 0.3 is 12.1 Å². The van der Waals surface area contributed by atoms with Crippen LogP contribution < -0.4 is 20.5 Å². The molecule has 0 atom stereocenters. The number of rotatable bonds is 13. The van der Waals surface area contributed by atoms with Gasteiger partial charge in [0.25, 0.3) is 5.88 Å². The van der Waals surface area contributed by atoms with Crippen LogP contribution in [-0.2, 0) is 9.53 Å². The van der Waals surface area contributed by atoms with Gasteiger partial charge in [-0.2, -0.15) is 0 Å². The van der Waals surface area contributed by atoms with Crippen LogP contribution in [-0.4, -0.2) is 42.2 Å². The highest BCUT2D eigenvalue weighted by atomic mass is 16.6. The number of carbonyl (C=O) groups is 3. The molecule has 198 valence electrons. The van der Waals surface area contributed by atoms with Gasteiger partial charge in [-0.1, -0.05) is 28.9 Å². The Morgan fingerprint density at radius 1 is 1.03 bits per heavy atom. The molecule has 3 N–H and O–H groups in total. The first kappa shape index (κ1) is 30.6. The molecule has 0 radical (unpaired) electrons. The molecule has 1 aromatic heterocycles. The molecule has 9 nitrogen and oxygen atoms in total. The first-order valence-corrected chi connectivity index (χ1v) is 12.0. The fraction of sp³-hybridized carbons (Fsp3) is 0.481. The molecule has 0 spiro atoms. The molecule has 0 fully saturated rings. The van der Waals surface area contributed by atoms with Gasteiger partial charge in [0.15, 0.2) is 5.75 Å². The third-order valence-electron chi connectivity index (χ3n) is 4.80. The van der Waals surface area contributed by atoms with E-state index in [1.807, 2.05) is 18.3 Å². The minimum absolute atomic E-state index is 0.0632. The van der Waals surface area contributed by atoms with E-state index >= 15 is 0 Å². The minimum atomic E-state index is -1.06. The van der Waals surface area contributed by atoms with Crippen LogP contribution in [0.5, 0.6) is 11.6 Å². The molecule has 0 saturated heterocycles. The van der Waals surface area contributed by atoms with Crippen LogP contribution in [0, 0.1) is 0 Å². The van der Waals surface area contributed by atoms with Crippen LogP contribution >= 0.6 is 0 Å². The molecular weight excluding hydrogens is 462 g/mol. The maximum Gasteiger partial charge on any atom is 0.420 e. The number of hydrogen-bond donors (Lipinski definition) is 2. The second-order valence-electron chi connectivity index (χ2n) is 8.89. The van der Waals surface area contributed by atoms with E-state index in [0.29, 0.717) is 0 Å². The molecule has 2 amide bonds. The summed E-state index contributed by atoms with van der Waals surface area (Å²) in [6.07, 6.45) is 10.2. The smallest absolute Gasteiger partial charge is 0.420 e. The fourth-order valence-corrected chi connectivity index (χ4v) is 2.92. The number of imide groups is 1. The number of nitrogens with zero attached hydrogens (tertiary/aromatic N) is 1. The SMILES string of the molecule is CC(C)=CCCC(C)=CCCC(C)=CCOC(=O)c1cnc(OC(=O)NC(=O)CN)c(OC(C)C)c1. The van der Waals surface area contributed by atoms with E-state index < -0.39 is 18.0 Å². The lowest BCUT2D eigenvalue weighted by Crippen LogP contribution is -2.37. The van der Waals surface area contributed by atoms with Gasteiger partial charge in [0, 0.05) is 12.3 Å². The quantitative estimate of drug-likeness (QED) is 0.285. The minimum Gasteiger partial charge on any atom is -0.485 e. The summed E-state index contributed by atoms with van der Waals surface area (Å²) in [5.74, 6) is -1.43. The molecular formula is C27H39N3O6. The Morgan fingerprint density at radius 2 is 1.67 bits per heavy atom. The third kappa shape index (κ3) is 12.9. The Hall–Kier alpha value is -3.46. The van der Waals surface area contributed by atoms with Crippen molar-refractivity contribution >= 4 is 18.0 Å². The molecule has 1 heterocycles. The summed E-state index contributed by atoms with van der Waals surface area (Å²) < 4.78 is 16.0. The number of ether oxygens (including phenoxy) is 3. The molecule has 9 heteroatoms. The van der Waals surface area contributed by atoms with Gasteiger partial charge in [0.1, 0.15) is 6.61 Å². The van der Waals surface area contributed by atoms with Crippen molar-refractivity contribution in [2.75, 3.05) is 13.2 Å². The van der Waals surface area contributed by atoms with Crippen molar-refractivity contribution in [1.29, 1.82) is 0 Å². The van der Waals surface area contributed by atoms with Crippen molar-refractivity contribution in [2.45, 2.75) is 73.3 Å². The standard InChI is InChI=1S/C27H39N3O6/c1-18(2)9-7-10-20(5)11-8-12-21(6)13-14-34-26(32)22-15-23(35-19(3)4)25(29-17-22)36-27(33)30-24(31)16-28/h9,11,13,15,17,19H,7-8,10,12,14,16,28H2,1-6H3,(H,30,31,33). The normalized spacial score (nSPS) is 11.7. The van der Waals surface area contributed by atoms with Crippen LogP contribution in [0.15, 0.2) is 47.2 Å². The highest BCUT2D eigenvalue weighted by Crippen LogP contribution is 2.27. The van der Waals surface area contributed by atoms with Gasteiger partial charge in [0.2, 0.25) is 5.91 Å². The van der Waals surface area contributed by atoms with Gasteiger partial charge in [-0.15, -0.1) is 0 Å². The Kier molecular flexibility index (Phi) is 13.8. The summed E-state index contributed by atoms with van der Waals surface area (Å²) in [5, 5.41) is 1.94. The molecule has 0 saturated carbocycles. The molecule has 0 aliphatic carbocycles. The highest BCUT2D eigenvalue weighted by molar-refractivity contribution is 5.93. The number of esters is 1. The first-order valence-electron chi connectivity index (χ1n) is 12.0. The first-order chi connectivity index (χ1) is 17.0. The van der Waals surface area contributed by atoms with Gasteiger partial charge in [0.05, 0.1) is 18.2 Å². The van der Waals surface area contributed by atoms with Crippen LogP contribution in [0.25, 0.3) is 0 Å². The van der Waals surface area contributed by atoms with Crippen molar-refractivity contribution in [3.8, 4) is 11.6 Å². The zero-order chi connectivity index (χ0) is 27.1. The molecule has 36 heavy (non-hydrogen) atoms. The van der Waals surface area contributed by atoms with Gasteiger partial charge < -0.3 is 19.9 Å². The Labute approximate surface area is 213 Å². The van der Waals surface area contributed by atoms with Crippen molar-refractivity contribution in [2.24, 2.45) is 5.73 Å². The number of nitrogens with one attached hydrogen (secondary N) is 1. The summed E-state index contributed by atoms with van der Waals surface area (Å²) in [6, 6.07) is 1.38. The van der Waals surface area contributed by atoms with E-state index in [1.54, 1.807) is 13.8 Å². The molecule has 1 rings (SSSR count). The predicted molar refractivity (Wildman–Crippen MR) is 139 cm³/mol. The lowest BCUT2D eigenvalue weighted by molar-refractivity contribution is -0.118. The molecule has 1 aromatic rings. The molecule has 0 aliphatic heterocycles. The van der Waals surface area contributed by atoms with Crippen LogP contribution in [0.1, 0.15) is 77.6 Å². The Bertz CT molecular complexity index is 991. The van der Waals surface area contributed by atoms with Crippen molar-refractivity contribution in [3.63, 3.8) is 0 Å². The highest BCUT2D eigenvalue weighted by Gasteiger charge is 2.18. The monoisotopic (exact) mass is 501 g/mol. The van der Waals surface area contributed by atoms with Crippen molar-refractivity contribution in [3.05, 3.63) is 52.8 Å². The maximum atomic E-state index is 12.5. The topological polar surface area (TPSA) is 130 Å². The lowest BCUT2D eigenvalue weighted by Gasteiger charge is -2.14. The Balaban J connectivity index is 2.68. The van der Waals surface area contributed by atoms with Crippen LogP contribution in [0.4, 0.5) is 4.79 Å². The largest absolute Gasteiger partial charge is 0.485 e. The lowest BCUT2D eigenvalue weighted by atomic mass is 10.1. The summed E-state index contributed by atoms with van der Waals surface area (Å²) >= 11 is 0. The molecule has 0 unspecified atom stereocenters. The number of nitrogens with two attached hydrogens (primary N) is 1. The summed E-state index contributed by atoms with van der Waals surface area (Å²) in [4.78, 5) is 39.5. The molecule has 0 aromatic carbocycles. The number of amides is 2. The second-order valence-corrected chi connectivity index (χ2v) is 8.89. The zero-order valence-corrected chi connectivity index (χ0v) is 22.2. The van der Waals surface area contributed by atoms with Crippen LogP contribution in [0.2, 0.25) is 0 Å². The van der Waals surface area contributed by atoms with E-state index in [2.05, 4.69) is 37.9 Å². The van der Waals surface area contributed by atoms with Gasteiger partial charge in [-0.3, -0.25) is 10.1 Å².